The number of carbonyl (C=O) groups is 1. The summed E-state index contributed by atoms with van der Waals surface area (Å²) < 4.78 is 71.2. The van der Waals surface area contributed by atoms with Crippen LogP contribution in [0.2, 0.25) is 0 Å². The maximum Gasteiger partial charge on any atom is 0.416 e. The lowest BCUT2D eigenvalue weighted by Gasteiger charge is -2.39. The minimum atomic E-state index is -4.46. The number of nitrogens with zero attached hydrogens (tertiary/aromatic N) is 3. The smallest absolute Gasteiger partial charge is 0.416 e. The number of carbonyl (C=O) groups excluding carboxylic acids is 1. The number of ether oxygens (including phenoxy) is 1. The van der Waals surface area contributed by atoms with Gasteiger partial charge in [0.05, 0.1) is 11.8 Å². The first-order chi connectivity index (χ1) is 16.1. The van der Waals surface area contributed by atoms with Gasteiger partial charge in [0.25, 0.3) is 0 Å². The number of rotatable bonds is 4. The molecule has 7 nitrogen and oxygen atoms in total. The number of alkyl halides is 3. The fraction of sp³-hybridized carbons (Fsp3) is 0.708. The van der Waals surface area contributed by atoms with E-state index >= 15 is 0 Å². The second kappa shape index (κ2) is 10.2. The van der Waals surface area contributed by atoms with Crippen molar-refractivity contribution in [3.8, 4) is 0 Å². The quantitative estimate of drug-likeness (QED) is 0.578. The van der Waals surface area contributed by atoms with E-state index in [0.717, 1.165) is 17.9 Å². The molecular formula is C24H36F3N3O4S. The second-order valence-electron chi connectivity index (χ2n) is 10.5. The number of piperidine rings is 2. The van der Waals surface area contributed by atoms with E-state index < -0.39 is 27.4 Å². The Morgan fingerprint density at radius 2 is 1.60 bits per heavy atom. The molecule has 0 atom stereocenters. The summed E-state index contributed by atoms with van der Waals surface area (Å²) in [7, 11) is -1.79. The van der Waals surface area contributed by atoms with Gasteiger partial charge in [0, 0.05) is 45.0 Å². The fourth-order valence-corrected chi connectivity index (χ4v) is 5.53. The highest BCUT2D eigenvalue weighted by atomic mass is 32.2. The summed E-state index contributed by atoms with van der Waals surface area (Å²) in [4.78, 5) is 16.0. The number of anilines is 1. The third-order valence-corrected chi connectivity index (χ3v) is 8.13. The monoisotopic (exact) mass is 519 g/mol. The predicted octanol–water partition coefficient (Wildman–Crippen LogP) is 4.68. The van der Waals surface area contributed by atoms with Crippen LogP contribution < -0.4 is 4.90 Å². The van der Waals surface area contributed by atoms with Crippen LogP contribution in [0.3, 0.4) is 0 Å². The predicted molar refractivity (Wildman–Crippen MR) is 129 cm³/mol. The molecule has 0 aliphatic carbocycles. The van der Waals surface area contributed by atoms with Crippen molar-refractivity contribution in [1.29, 1.82) is 0 Å². The molecule has 198 valence electrons. The van der Waals surface area contributed by atoms with Crippen LogP contribution in [-0.4, -0.2) is 74.8 Å². The first kappa shape index (κ1) is 27.6. The average Bonchev–Trinajstić information content (AvgIpc) is 2.76. The SMILES string of the molecule is CN(C1CCN(c2cc(C(F)(F)F)ccc2C2CCN(C(=O)OC(C)(C)C)CC2)CC1)S(C)(=O)=O. The van der Waals surface area contributed by atoms with Gasteiger partial charge in [-0.2, -0.15) is 13.2 Å². The molecule has 2 aliphatic heterocycles. The van der Waals surface area contributed by atoms with Crippen molar-refractivity contribution in [2.75, 3.05) is 44.4 Å². The Hall–Kier alpha value is -2.01. The number of benzene rings is 1. The van der Waals surface area contributed by atoms with Crippen LogP contribution in [0.4, 0.5) is 23.7 Å². The van der Waals surface area contributed by atoms with Gasteiger partial charge in [-0.05, 0) is 70.1 Å². The van der Waals surface area contributed by atoms with Crippen molar-refractivity contribution in [3.63, 3.8) is 0 Å². The third-order valence-electron chi connectivity index (χ3n) is 6.79. The highest BCUT2D eigenvalue weighted by molar-refractivity contribution is 7.88. The van der Waals surface area contributed by atoms with E-state index in [9.17, 15) is 26.4 Å². The number of likely N-dealkylation sites (tertiary alicyclic amines) is 1. The molecule has 2 fully saturated rings. The summed E-state index contributed by atoms with van der Waals surface area (Å²) in [6.07, 6.45) is -1.33. The van der Waals surface area contributed by atoms with Gasteiger partial charge in [0.15, 0.2) is 0 Å². The first-order valence-electron chi connectivity index (χ1n) is 11.9. The molecule has 0 unspecified atom stereocenters. The second-order valence-corrected chi connectivity index (χ2v) is 12.6. The largest absolute Gasteiger partial charge is 0.444 e. The summed E-state index contributed by atoms with van der Waals surface area (Å²) in [5.74, 6) is 0.0161. The van der Waals surface area contributed by atoms with Gasteiger partial charge >= 0.3 is 12.3 Å². The minimum Gasteiger partial charge on any atom is -0.444 e. The molecule has 0 aromatic heterocycles. The van der Waals surface area contributed by atoms with Crippen LogP contribution in [0.25, 0.3) is 0 Å². The van der Waals surface area contributed by atoms with Crippen molar-refractivity contribution in [1.82, 2.24) is 9.21 Å². The van der Waals surface area contributed by atoms with Gasteiger partial charge in [-0.1, -0.05) is 6.07 Å². The van der Waals surface area contributed by atoms with Crippen LogP contribution in [0.15, 0.2) is 18.2 Å². The summed E-state index contributed by atoms with van der Waals surface area (Å²) in [6, 6.07) is 3.74. The molecule has 1 aromatic carbocycles. The van der Waals surface area contributed by atoms with Crippen LogP contribution in [-0.2, 0) is 20.9 Å². The van der Waals surface area contributed by atoms with Crippen molar-refractivity contribution in [3.05, 3.63) is 29.3 Å². The number of amides is 1. The maximum absolute atomic E-state index is 13.5. The first-order valence-corrected chi connectivity index (χ1v) is 13.8. The molecule has 0 N–H and O–H groups in total. The summed E-state index contributed by atoms with van der Waals surface area (Å²) in [6.45, 7) is 7.31. The molecule has 2 aliphatic rings. The van der Waals surface area contributed by atoms with Crippen LogP contribution in [0.5, 0.6) is 0 Å². The number of sulfonamides is 1. The lowest BCUT2D eigenvalue weighted by Crippen LogP contribution is -2.45. The Morgan fingerprint density at radius 1 is 1.03 bits per heavy atom. The van der Waals surface area contributed by atoms with Crippen molar-refractivity contribution < 1.29 is 31.1 Å². The average molecular weight is 520 g/mol. The molecule has 2 heterocycles. The highest BCUT2D eigenvalue weighted by Crippen LogP contribution is 2.40. The lowest BCUT2D eigenvalue weighted by molar-refractivity contribution is -0.137. The Labute approximate surface area is 206 Å². The Balaban J connectivity index is 1.78. The minimum absolute atomic E-state index is 0.0161. The zero-order valence-corrected chi connectivity index (χ0v) is 21.9. The van der Waals surface area contributed by atoms with Gasteiger partial charge < -0.3 is 14.5 Å². The van der Waals surface area contributed by atoms with E-state index in [2.05, 4.69) is 0 Å². The zero-order valence-electron chi connectivity index (χ0n) is 21.1. The summed E-state index contributed by atoms with van der Waals surface area (Å²) >= 11 is 0. The molecule has 2 saturated heterocycles. The lowest BCUT2D eigenvalue weighted by atomic mass is 9.87. The van der Waals surface area contributed by atoms with Crippen molar-refractivity contribution >= 4 is 21.8 Å². The van der Waals surface area contributed by atoms with Crippen molar-refractivity contribution in [2.24, 2.45) is 0 Å². The molecule has 0 spiro atoms. The maximum atomic E-state index is 13.5. The Morgan fingerprint density at radius 3 is 2.09 bits per heavy atom. The van der Waals surface area contributed by atoms with Gasteiger partial charge in [-0.15, -0.1) is 0 Å². The third kappa shape index (κ3) is 7.03. The van der Waals surface area contributed by atoms with E-state index in [-0.39, 0.29) is 18.1 Å². The summed E-state index contributed by atoms with van der Waals surface area (Å²) in [5, 5.41) is 0. The topological polar surface area (TPSA) is 70.2 Å². The summed E-state index contributed by atoms with van der Waals surface area (Å²) in [5.41, 5.74) is 0.108. The van der Waals surface area contributed by atoms with Crippen LogP contribution in [0, 0.1) is 0 Å². The van der Waals surface area contributed by atoms with Gasteiger partial charge in [-0.3, -0.25) is 0 Å². The van der Waals surface area contributed by atoms with Crippen LogP contribution in [0.1, 0.15) is 63.5 Å². The number of hydrogen-bond acceptors (Lipinski definition) is 5. The van der Waals surface area contributed by atoms with Crippen molar-refractivity contribution in [2.45, 2.75) is 70.2 Å². The number of halogens is 3. The molecule has 1 amide bonds. The van der Waals surface area contributed by atoms with E-state index in [1.165, 1.54) is 10.4 Å². The Bertz CT molecular complexity index is 1010. The van der Waals surface area contributed by atoms with E-state index in [1.807, 2.05) is 25.7 Å². The van der Waals surface area contributed by atoms with Gasteiger partial charge in [0.2, 0.25) is 10.0 Å². The molecule has 0 radical (unpaired) electrons. The highest BCUT2D eigenvalue weighted by Gasteiger charge is 2.35. The zero-order chi connectivity index (χ0) is 26.2. The number of hydrogen-bond donors (Lipinski definition) is 0. The Kier molecular flexibility index (Phi) is 8.00. The van der Waals surface area contributed by atoms with E-state index in [1.54, 1.807) is 18.0 Å². The molecule has 11 heteroatoms. The molecular weight excluding hydrogens is 483 g/mol. The standard InChI is InChI=1S/C24H36F3N3O4S/c1-23(2,3)34-22(31)30-12-8-17(9-13-30)20-7-6-18(24(25,26)27)16-21(20)29-14-10-19(11-15-29)28(4)35(5,32)33/h6-7,16-17,19H,8-15H2,1-5H3. The normalized spacial score (nSPS) is 19.3. The van der Waals surface area contributed by atoms with E-state index in [0.29, 0.717) is 57.5 Å². The molecule has 0 saturated carbocycles. The molecule has 0 bridgehead atoms. The molecule has 1 aromatic rings. The van der Waals surface area contributed by atoms with Gasteiger partial charge in [-0.25, -0.2) is 17.5 Å². The molecule has 3 rings (SSSR count). The fourth-order valence-electron chi connectivity index (χ4n) is 4.78. The van der Waals surface area contributed by atoms with Crippen LogP contribution >= 0.6 is 0 Å². The molecule has 35 heavy (non-hydrogen) atoms. The van der Waals surface area contributed by atoms with Gasteiger partial charge in [0.1, 0.15) is 5.60 Å². The van der Waals surface area contributed by atoms with E-state index in [4.69, 9.17) is 4.74 Å².